The molecular formula is C26H15Cl2NO. The van der Waals surface area contributed by atoms with Crippen LogP contribution in [-0.4, -0.2) is 5.78 Å². The third kappa shape index (κ3) is 2.41. The highest BCUT2D eigenvalue weighted by molar-refractivity contribution is 6.35. The van der Waals surface area contributed by atoms with E-state index in [1.54, 1.807) is 6.07 Å². The third-order valence-electron chi connectivity index (χ3n) is 6.04. The van der Waals surface area contributed by atoms with Crippen LogP contribution in [0.15, 0.2) is 84.4 Å². The van der Waals surface area contributed by atoms with Crippen molar-refractivity contribution < 1.29 is 4.79 Å². The summed E-state index contributed by atoms with van der Waals surface area (Å²) in [5.74, 6) is -0.241. The molecule has 0 fully saturated rings. The van der Waals surface area contributed by atoms with Crippen LogP contribution < -0.4 is 5.32 Å². The van der Waals surface area contributed by atoms with Gasteiger partial charge < -0.3 is 5.32 Å². The number of hydrogen-bond donors (Lipinski definition) is 1. The molecule has 4 aromatic rings. The van der Waals surface area contributed by atoms with Gasteiger partial charge in [0.25, 0.3) is 0 Å². The molecule has 2 aliphatic rings. The van der Waals surface area contributed by atoms with Crippen LogP contribution in [0.2, 0.25) is 10.0 Å². The number of hydrogen-bond acceptors (Lipinski definition) is 2. The quantitative estimate of drug-likeness (QED) is 0.344. The molecular weight excluding hydrogens is 413 g/mol. The zero-order valence-corrected chi connectivity index (χ0v) is 17.3. The minimum Gasteiger partial charge on any atom is -0.354 e. The number of benzene rings is 4. The van der Waals surface area contributed by atoms with Crippen molar-refractivity contribution in [2.45, 2.75) is 5.92 Å². The van der Waals surface area contributed by atoms with Gasteiger partial charge in [-0.25, -0.2) is 0 Å². The van der Waals surface area contributed by atoms with Gasteiger partial charge in [0.1, 0.15) is 0 Å². The smallest absolute Gasteiger partial charge is 0.192 e. The topological polar surface area (TPSA) is 29.1 Å². The largest absolute Gasteiger partial charge is 0.354 e. The molecule has 1 atom stereocenters. The van der Waals surface area contributed by atoms with Gasteiger partial charge in [0.15, 0.2) is 5.78 Å². The molecule has 4 aromatic carbocycles. The third-order valence-corrected chi connectivity index (χ3v) is 6.60. The van der Waals surface area contributed by atoms with E-state index in [1.165, 1.54) is 0 Å². The maximum atomic E-state index is 13.6. The summed E-state index contributed by atoms with van der Waals surface area (Å²) in [6, 6.07) is 25.7. The number of Topliss-reactive ketones (excluding diaryl/α,β-unsaturated/α-hetero) is 1. The Morgan fingerprint density at radius 1 is 0.800 bits per heavy atom. The van der Waals surface area contributed by atoms with Crippen LogP contribution >= 0.6 is 23.2 Å². The summed E-state index contributed by atoms with van der Waals surface area (Å²) in [4.78, 5) is 13.6. The lowest BCUT2D eigenvalue weighted by Crippen LogP contribution is -2.19. The van der Waals surface area contributed by atoms with Crippen LogP contribution in [0.25, 0.3) is 16.5 Å². The normalized spacial score (nSPS) is 16.9. The maximum Gasteiger partial charge on any atom is 0.192 e. The van der Waals surface area contributed by atoms with E-state index < -0.39 is 0 Å². The minimum atomic E-state index is -0.285. The Morgan fingerprint density at radius 2 is 1.57 bits per heavy atom. The molecule has 4 heteroatoms. The number of allylic oxidation sites excluding steroid dienone is 1. The number of nitrogens with one attached hydrogen (secondary N) is 1. The monoisotopic (exact) mass is 427 g/mol. The standard InChI is InChI=1S/C26H15Cl2NO/c27-15-10-11-19(20(28)13-15)23-22-16-6-2-1-5-14(16)9-12-21(22)29-25-17-7-3-4-8-18(17)26(30)24(23)25/h1-13,23,29H. The molecule has 1 aliphatic carbocycles. The van der Waals surface area contributed by atoms with Crippen LogP contribution in [0.1, 0.15) is 33.0 Å². The molecule has 0 saturated heterocycles. The lowest BCUT2D eigenvalue weighted by Gasteiger charge is -2.30. The first-order valence-corrected chi connectivity index (χ1v) is 10.5. The summed E-state index contributed by atoms with van der Waals surface area (Å²) in [6.45, 7) is 0. The summed E-state index contributed by atoms with van der Waals surface area (Å²) in [7, 11) is 0. The van der Waals surface area contributed by atoms with Crippen molar-refractivity contribution >= 4 is 51.1 Å². The fourth-order valence-corrected chi connectivity index (χ4v) is 5.27. The zero-order chi connectivity index (χ0) is 20.4. The van der Waals surface area contributed by atoms with Gasteiger partial charge >= 0.3 is 0 Å². The van der Waals surface area contributed by atoms with Crippen LogP contribution in [0.3, 0.4) is 0 Å². The Morgan fingerprint density at radius 3 is 2.40 bits per heavy atom. The molecule has 2 nitrogen and oxygen atoms in total. The van der Waals surface area contributed by atoms with Crippen molar-refractivity contribution in [3.05, 3.63) is 117 Å². The molecule has 144 valence electrons. The predicted molar refractivity (Wildman–Crippen MR) is 124 cm³/mol. The summed E-state index contributed by atoms with van der Waals surface area (Å²) in [5.41, 5.74) is 6.21. The Labute approximate surface area is 183 Å². The fraction of sp³-hybridized carbons (Fsp3) is 0.0385. The Kier molecular flexibility index (Phi) is 3.83. The summed E-state index contributed by atoms with van der Waals surface area (Å²) in [5, 5.41) is 6.92. The molecule has 0 amide bonds. The van der Waals surface area contributed by atoms with E-state index in [2.05, 4.69) is 29.6 Å². The van der Waals surface area contributed by atoms with Crippen molar-refractivity contribution in [2.24, 2.45) is 0 Å². The first-order valence-electron chi connectivity index (χ1n) is 9.75. The van der Waals surface area contributed by atoms with Gasteiger partial charge in [-0.15, -0.1) is 0 Å². The SMILES string of the molecule is O=C1C2=C(Nc3ccc4ccccc4c3C2c2ccc(Cl)cc2Cl)c2ccccc21. The van der Waals surface area contributed by atoms with Gasteiger partial charge in [0.2, 0.25) is 0 Å². The van der Waals surface area contributed by atoms with E-state index in [1.807, 2.05) is 48.5 Å². The number of ketones is 1. The van der Waals surface area contributed by atoms with Crippen molar-refractivity contribution in [3.63, 3.8) is 0 Å². The van der Waals surface area contributed by atoms with E-state index >= 15 is 0 Å². The molecule has 30 heavy (non-hydrogen) atoms. The summed E-state index contributed by atoms with van der Waals surface area (Å²) < 4.78 is 0. The lowest BCUT2D eigenvalue weighted by atomic mass is 9.78. The van der Waals surface area contributed by atoms with Gasteiger partial charge in [0.05, 0.1) is 5.70 Å². The van der Waals surface area contributed by atoms with E-state index in [4.69, 9.17) is 23.2 Å². The molecule has 1 aliphatic heterocycles. The fourth-order valence-electron chi connectivity index (χ4n) is 4.75. The average molecular weight is 428 g/mol. The average Bonchev–Trinajstić information content (AvgIpc) is 3.05. The molecule has 0 spiro atoms. The number of carbonyl (C=O) groups excluding carboxylic acids is 1. The molecule has 0 saturated carbocycles. The van der Waals surface area contributed by atoms with E-state index in [9.17, 15) is 4.79 Å². The van der Waals surface area contributed by atoms with Crippen molar-refractivity contribution in [1.29, 1.82) is 0 Å². The highest BCUT2D eigenvalue weighted by atomic mass is 35.5. The molecule has 0 aromatic heterocycles. The number of rotatable bonds is 1. The minimum absolute atomic E-state index is 0.0442. The van der Waals surface area contributed by atoms with Crippen LogP contribution in [0, 0.1) is 0 Å². The molecule has 1 unspecified atom stereocenters. The Hall–Kier alpha value is -3.07. The van der Waals surface area contributed by atoms with Crippen LogP contribution in [0.5, 0.6) is 0 Å². The molecule has 1 heterocycles. The second kappa shape index (κ2) is 6.46. The molecule has 0 radical (unpaired) electrons. The molecule has 1 N–H and O–H groups in total. The second-order valence-electron chi connectivity index (χ2n) is 7.64. The van der Waals surface area contributed by atoms with Crippen molar-refractivity contribution in [1.82, 2.24) is 0 Å². The number of fused-ring (bicyclic) bond motifs is 5. The Balaban J connectivity index is 1.71. The first kappa shape index (κ1) is 17.8. The Bertz CT molecular complexity index is 1420. The first-order chi connectivity index (χ1) is 14.6. The number of halogens is 2. The van der Waals surface area contributed by atoms with Crippen molar-refractivity contribution in [3.8, 4) is 0 Å². The maximum absolute atomic E-state index is 13.6. The predicted octanol–water partition coefficient (Wildman–Crippen LogP) is 7.31. The van der Waals surface area contributed by atoms with E-state index in [0.29, 0.717) is 10.0 Å². The molecule has 0 bridgehead atoms. The van der Waals surface area contributed by atoms with Crippen LogP contribution in [0.4, 0.5) is 5.69 Å². The van der Waals surface area contributed by atoms with E-state index in [-0.39, 0.29) is 11.7 Å². The van der Waals surface area contributed by atoms with Crippen molar-refractivity contribution in [2.75, 3.05) is 5.32 Å². The highest BCUT2D eigenvalue weighted by Gasteiger charge is 2.41. The van der Waals surface area contributed by atoms with Gasteiger partial charge in [-0.05, 0) is 40.1 Å². The highest BCUT2D eigenvalue weighted by Crippen LogP contribution is 2.52. The summed E-state index contributed by atoms with van der Waals surface area (Å²) in [6.07, 6.45) is 0. The lowest BCUT2D eigenvalue weighted by molar-refractivity contribution is 0.103. The van der Waals surface area contributed by atoms with Gasteiger partial charge in [-0.2, -0.15) is 0 Å². The number of carbonyl (C=O) groups is 1. The zero-order valence-electron chi connectivity index (χ0n) is 15.7. The van der Waals surface area contributed by atoms with Crippen LogP contribution in [-0.2, 0) is 0 Å². The van der Waals surface area contributed by atoms with Gasteiger partial charge in [-0.1, -0.05) is 83.9 Å². The second-order valence-corrected chi connectivity index (χ2v) is 8.48. The van der Waals surface area contributed by atoms with Gasteiger partial charge in [-0.3, -0.25) is 4.79 Å². The molecule has 6 rings (SSSR count). The van der Waals surface area contributed by atoms with Gasteiger partial charge in [0, 0.05) is 38.4 Å². The summed E-state index contributed by atoms with van der Waals surface area (Å²) >= 11 is 12.9. The van der Waals surface area contributed by atoms with E-state index in [0.717, 1.165) is 50.0 Å². The number of anilines is 1.